The summed E-state index contributed by atoms with van der Waals surface area (Å²) >= 11 is 0. The van der Waals surface area contributed by atoms with Crippen molar-refractivity contribution < 1.29 is 23.1 Å². The SMILES string of the molecule is CN[C@@H](CF)C(=O)Nc1ccc(-c2cccc(C#N)c2)n(Cc2cc(C(=O)c3ccc(F)cc3)cc(N3CCOCC3)c2)c1=O. The summed E-state index contributed by atoms with van der Waals surface area (Å²) in [5.74, 6) is -1.48. The van der Waals surface area contributed by atoms with E-state index in [4.69, 9.17) is 4.74 Å². The van der Waals surface area contributed by atoms with Crippen molar-refractivity contribution in [1.82, 2.24) is 9.88 Å². The third-order valence-electron chi connectivity index (χ3n) is 7.60. The number of benzene rings is 3. The summed E-state index contributed by atoms with van der Waals surface area (Å²) < 4.78 is 33.9. The second-order valence-corrected chi connectivity index (χ2v) is 10.5. The van der Waals surface area contributed by atoms with Gasteiger partial charge in [-0.3, -0.25) is 14.4 Å². The van der Waals surface area contributed by atoms with Gasteiger partial charge in [-0.15, -0.1) is 0 Å². The van der Waals surface area contributed by atoms with Crippen LogP contribution >= 0.6 is 0 Å². The Bertz CT molecular complexity index is 1810. The zero-order valence-corrected chi connectivity index (χ0v) is 24.6. The molecule has 0 spiro atoms. The van der Waals surface area contributed by atoms with E-state index < -0.39 is 30.0 Å². The number of ketones is 1. The van der Waals surface area contributed by atoms with Gasteiger partial charge in [-0.05, 0) is 84.9 Å². The lowest BCUT2D eigenvalue weighted by molar-refractivity contribution is -0.118. The minimum atomic E-state index is -1.14. The molecule has 5 rings (SSSR count). The molecule has 1 aliphatic rings. The van der Waals surface area contributed by atoms with Gasteiger partial charge in [0.2, 0.25) is 5.91 Å². The molecule has 0 radical (unpaired) electrons. The number of nitrogens with one attached hydrogen (secondary N) is 2. The standard InChI is InChI=1S/C34H31F2N5O4/c1-38-30(19-35)33(43)39-29-9-10-31(25-4-2-3-22(15-25)20-37)41(34(29)44)21-23-16-26(32(42)24-5-7-27(36)8-6-24)18-28(17-23)40-11-13-45-14-12-40/h2-10,15-18,30,38H,11-14,19,21H2,1H3,(H,39,43)/t30-/m0/s1. The highest BCUT2D eigenvalue weighted by molar-refractivity contribution is 6.09. The van der Waals surface area contributed by atoms with Gasteiger partial charge in [0.15, 0.2) is 5.78 Å². The van der Waals surface area contributed by atoms with Crippen LogP contribution in [0, 0.1) is 17.1 Å². The van der Waals surface area contributed by atoms with Crippen molar-refractivity contribution in [1.29, 1.82) is 5.26 Å². The summed E-state index contributed by atoms with van der Waals surface area (Å²) in [6.45, 7) is 1.26. The Kier molecular flexibility index (Phi) is 9.77. The third-order valence-corrected chi connectivity index (χ3v) is 7.60. The summed E-state index contributed by atoms with van der Waals surface area (Å²) in [7, 11) is 1.44. The first-order chi connectivity index (χ1) is 21.8. The van der Waals surface area contributed by atoms with Crippen molar-refractivity contribution in [2.75, 3.05) is 50.2 Å². The Morgan fingerprint density at radius 1 is 1.00 bits per heavy atom. The number of halogens is 2. The fourth-order valence-electron chi connectivity index (χ4n) is 5.18. The highest BCUT2D eigenvalue weighted by atomic mass is 19.1. The number of nitriles is 1. The number of likely N-dealkylation sites (N-methyl/N-ethyl adjacent to an activating group) is 1. The van der Waals surface area contributed by atoms with Crippen molar-refractivity contribution in [2.45, 2.75) is 12.6 Å². The average Bonchev–Trinajstić information content (AvgIpc) is 3.07. The van der Waals surface area contributed by atoms with Crippen molar-refractivity contribution in [3.63, 3.8) is 0 Å². The van der Waals surface area contributed by atoms with Gasteiger partial charge in [0.1, 0.15) is 24.2 Å². The predicted molar refractivity (Wildman–Crippen MR) is 167 cm³/mol. The van der Waals surface area contributed by atoms with Crippen LogP contribution in [-0.4, -0.2) is 62.3 Å². The van der Waals surface area contributed by atoms with E-state index >= 15 is 0 Å². The Hall–Kier alpha value is -5.18. The fraction of sp³-hybridized carbons (Fsp3) is 0.235. The number of amides is 1. The fourth-order valence-corrected chi connectivity index (χ4v) is 5.18. The smallest absolute Gasteiger partial charge is 0.275 e. The van der Waals surface area contributed by atoms with Gasteiger partial charge in [0.05, 0.1) is 37.1 Å². The summed E-state index contributed by atoms with van der Waals surface area (Å²) in [5, 5.41) is 14.6. The number of morpholine rings is 1. The second-order valence-electron chi connectivity index (χ2n) is 10.5. The van der Waals surface area contributed by atoms with E-state index in [1.54, 1.807) is 42.5 Å². The van der Waals surface area contributed by atoms with Crippen molar-refractivity contribution in [2.24, 2.45) is 0 Å². The molecule has 1 saturated heterocycles. The molecule has 0 bridgehead atoms. The number of rotatable bonds is 10. The van der Waals surface area contributed by atoms with Gasteiger partial charge >= 0.3 is 0 Å². The Labute approximate surface area is 258 Å². The maximum atomic E-state index is 14.0. The molecule has 0 aliphatic carbocycles. The summed E-state index contributed by atoms with van der Waals surface area (Å²) in [6, 6.07) is 21.5. The Morgan fingerprint density at radius 3 is 2.44 bits per heavy atom. The monoisotopic (exact) mass is 611 g/mol. The zero-order chi connectivity index (χ0) is 31.9. The predicted octanol–water partition coefficient (Wildman–Crippen LogP) is 4.14. The molecule has 3 aromatic carbocycles. The van der Waals surface area contributed by atoms with E-state index in [-0.39, 0.29) is 18.0 Å². The van der Waals surface area contributed by atoms with E-state index in [0.717, 1.165) is 5.69 Å². The van der Waals surface area contributed by atoms with Gasteiger partial charge in [-0.1, -0.05) is 12.1 Å². The van der Waals surface area contributed by atoms with Gasteiger partial charge in [0, 0.05) is 29.9 Å². The number of carbonyl (C=O) groups excluding carboxylic acids is 2. The molecule has 230 valence electrons. The molecular formula is C34H31F2N5O4. The number of hydrogen-bond acceptors (Lipinski definition) is 7. The zero-order valence-electron chi connectivity index (χ0n) is 24.6. The van der Waals surface area contributed by atoms with Crippen LogP contribution in [0.3, 0.4) is 0 Å². The molecule has 2 heterocycles. The molecule has 2 N–H and O–H groups in total. The molecule has 1 atom stereocenters. The normalized spacial score (nSPS) is 13.6. The molecule has 0 saturated carbocycles. The maximum Gasteiger partial charge on any atom is 0.275 e. The summed E-state index contributed by atoms with van der Waals surface area (Å²) in [5.41, 5.74) is 2.87. The van der Waals surface area contributed by atoms with Crippen molar-refractivity contribution in [3.8, 4) is 17.3 Å². The highest BCUT2D eigenvalue weighted by Gasteiger charge is 2.21. The van der Waals surface area contributed by atoms with Crippen LogP contribution in [-0.2, 0) is 16.1 Å². The number of nitrogens with zero attached hydrogens (tertiary/aromatic N) is 3. The van der Waals surface area contributed by atoms with E-state index in [2.05, 4.69) is 21.6 Å². The van der Waals surface area contributed by atoms with Crippen molar-refractivity contribution >= 4 is 23.1 Å². The lowest BCUT2D eigenvalue weighted by atomic mass is 9.99. The molecule has 4 aromatic rings. The van der Waals surface area contributed by atoms with Crippen LogP contribution in [0.5, 0.6) is 0 Å². The molecule has 1 aromatic heterocycles. The number of carbonyl (C=O) groups is 2. The van der Waals surface area contributed by atoms with E-state index in [9.17, 15) is 28.4 Å². The van der Waals surface area contributed by atoms with Crippen LogP contribution in [0.15, 0.2) is 83.7 Å². The third kappa shape index (κ3) is 7.15. The van der Waals surface area contributed by atoms with Crippen LogP contribution in [0.25, 0.3) is 11.3 Å². The first-order valence-electron chi connectivity index (χ1n) is 14.4. The maximum absolute atomic E-state index is 14.0. The minimum Gasteiger partial charge on any atom is -0.378 e. The van der Waals surface area contributed by atoms with Crippen LogP contribution in [0.1, 0.15) is 27.0 Å². The lowest BCUT2D eigenvalue weighted by Crippen LogP contribution is -2.41. The second kappa shape index (κ2) is 14.1. The molecule has 1 amide bonds. The molecule has 45 heavy (non-hydrogen) atoms. The summed E-state index contributed by atoms with van der Waals surface area (Å²) in [4.78, 5) is 42.3. The van der Waals surface area contributed by atoms with E-state index in [1.165, 1.54) is 41.9 Å². The molecule has 9 nitrogen and oxygen atoms in total. The van der Waals surface area contributed by atoms with Crippen molar-refractivity contribution in [3.05, 3.63) is 117 Å². The Balaban J connectivity index is 1.63. The molecule has 1 aliphatic heterocycles. The number of anilines is 2. The number of hydrogen-bond donors (Lipinski definition) is 2. The minimum absolute atomic E-state index is 0.00486. The average molecular weight is 612 g/mol. The number of pyridine rings is 1. The topological polar surface area (TPSA) is 116 Å². The van der Waals surface area contributed by atoms with Crippen LogP contribution in [0.2, 0.25) is 0 Å². The van der Waals surface area contributed by atoms with Crippen LogP contribution in [0.4, 0.5) is 20.2 Å². The van der Waals surface area contributed by atoms with E-state index in [0.29, 0.717) is 59.8 Å². The quantitative estimate of drug-likeness (QED) is 0.259. The van der Waals surface area contributed by atoms with Crippen LogP contribution < -0.4 is 21.1 Å². The van der Waals surface area contributed by atoms with Gasteiger partial charge in [-0.25, -0.2) is 8.78 Å². The largest absolute Gasteiger partial charge is 0.378 e. The lowest BCUT2D eigenvalue weighted by Gasteiger charge is -2.29. The molecule has 11 heteroatoms. The Morgan fingerprint density at radius 2 is 1.76 bits per heavy atom. The van der Waals surface area contributed by atoms with Gasteiger partial charge < -0.3 is 24.8 Å². The number of aromatic nitrogens is 1. The highest BCUT2D eigenvalue weighted by Crippen LogP contribution is 2.26. The first-order valence-corrected chi connectivity index (χ1v) is 14.4. The first kappa shape index (κ1) is 31.3. The van der Waals surface area contributed by atoms with Gasteiger partial charge in [0.25, 0.3) is 5.56 Å². The van der Waals surface area contributed by atoms with Gasteiger partial charge in [-0.2, -0.15) is 5.26 Å². The molecular weight excluding hydrogens is 580 g/mol. The molecule has 0 unspecified atom stereocenters. The molecule has 1 fully saturated rings. The van der Waals surface area contributed by atoms with E-state index in [1.807, 2.05) is 6.07 Å². The number of ether oxygens (including phenoxy) is 1. The summed E-state index contributed by atoms with van der Waals surface area (Å²) in [6.07, 6.45) is 0. The number of alkyl halides is 1.